The first-order chi connectivity index (χ1) is 9.84. The van der Waals surface area contributed by atoms with Crippen LogP contribution in [-0.2, 0) is 23.2 Å². The molecule has 7 heteroatoms. The van der Waals surface area contributed by atoms with Crippen molar-refractivity contribution in [3.8, 4) is 0 Å². The highest BCUT2D eigenvalue weighted by Crippen LogP contribution is 2.28. The third-order valence-corrected chi connectivity index (χ3v) is 7.07. The summed E-state index contributed by atoms with van der Waals surface area (Å²) >= 11 is 4.50. The number of benzene rings is 1. The molecule has 0 spiro atoms. The van der Waals surface area contributed by atoms with Crippen LogP contribution in [0.3, 0.4) is 0 Å². The Kier molecular flexibility index (Phi) is 5.21. The molecule has 0 amide bonds. The van der Waals surface area contributed by atoms with Crippen LogP contribution in [0.4, 0.5) is 0 Å². The molecule has 0 unspecified atom stereocenters. The Bertz CT molecular complexity index is 740. The Morgan fingerprint density at radius 3 is 2.62 bits per heavy atom. The van der Waals surface area contributed by atoms with Crippen molar-refractivity contribution in [3.63, 3.8) is 0 Å². The minimum absolute atomic E-state index is 0.138. The zero-order chi connectivity index (χ0) is 15.6. The van der Waals surface area contributed by atoms with E-state index in [9.17, 15) is 13.5 Å². The van der Waals surface area contributed by atoms with Crippen molar-refractivity contribution in [3.05, 3.63) is 50.8 Å². The molecular formula is C14H16BrNO3S2. The van der Waals surface area contributed by atoms with Gasteiger partial charge < -0.3 is 5.11 Å². The van der Waals surface area contributed by atoms with E-state index in [2.05, 4.69) is 15.9 Å². The largest absolute Gasteiger partial charge is 0.391 e. The molecule has 21 heavy (non-hydrogen) atoms. The number of halogens is 1. The van der Waals surface area contributed by atoms with Gasteiger partial charge in [0.15, 0.2) is 0 Å². The van der Waals surface area contributed by atoms with Crippen LogP contribution in [0.2, 0.25) is 0 Å². The molecule has 2 rings (SSSR count). The molecule has 0 aliphatic heterocycles. The third kappa shape index (κ3) is 3.73. The molecular weight excluding hydrogens is 374 g/mol. The fraction of sp³-hybridized carbons (Fsp3) is 0.286. The standard InChI is InChI=1S/C14H16BrNO3S2/c1-10-6-14(20-13(10)9-17)21(18,19)16(2)8-11-4-3-5-12(15)7-11/h3-7,17H,8-9H2,1-2H3. The van der Waals surface area contributed by atoms with Crippen molar-refractivity contribution < 1.29 is 13.5 Å². The highest BCUT2D eigenvalue weighted by atomic mass is 79.9. The van der Waals surface area contributed by atoms with Crippen LogP contribution in [0.25, 0.3) is 0 Å². The van der Waals surface area contributed by atoms with Gasteiger partial charge in [0, 0.05) is 22.9 Å². The van der Waals surface area contributed by atoms with E-state index >= 15 is 0 Å². The molecule has 4 nitrogen and oxygen atoms in total. The first kappa shape index (κ1) is 16.6. The van der Waals surface area contributed by atoms with E-state index in [1.165, 1.54) is 4.31 Å². The lowest BCUT2D eigenvalue weighted by molar-refractivity contribution is 0.285. The molecule has 0 atom stereocenters. The SMILES string of the molecule is Cc1cc(S(=O)(=O)N(C)Cc2cccc(Br)c2)sc1CO. The number of aliphatic hydroxyl groups is 1. The van der Waals surface area contributed by atoms with Crippen LogP contribution in [-0.4, -0.2) is 24.9 Å². The molecule has 0 radical (unpaired) electrons. The predicted octanol–water partition coefficient (Wildman–Crippen LogP) is 3.13. The summed E-state index contributed by atoms with van der Waals surface area (Å²) in [6.45, 7) is 1.96. The Labute approximate surface area is 137 Å². The topological polar surface area (TPSA) is 57.6 Å². The van der Waals surface area contributed by atoms with Gasteiger partial charge in [0.2, 0.25) is 0 Å². The third-order valence-electron chi connectivity index (χ3n) is 3.10. The molecule has 1 N–H and O–H groups in total. The number of hydrogen-bond donors (Lipinski definition) is 1. The van der Waals surface area contributed by atoms with Crippen LogP contribution < -0.4 is 0 Å². The summed E-state index contributed by atoms with van der Waals surface area (Å²) in [6, 6.07) is 9.16. The van der Waals surface area contributed by atoms with E-state index in [-0.39, 0.29) is 10.8 Å². The number of nitrogens with zero attached hydrogens (tertiary/aromatic N) is 1. The Balaban J connectivity index is 2.26. The highest BCUT2D eigenvalue weighted by molar-refractivity contribution is 9.10. The normalized spacial score (nSPS) is 12.0. The first-order valence-electron chi connectivity index (χ1n) is 6.25. The lowest BCUT2D eigenvalue weighted by Crippen LogP contribution is -2.25. The van der Waals surface area contributed by atoms with Gasteiger partial charge in [-0.2, -0.15) is 4.31 Å². The van der Waals surface area contributed by atoms with Gasteiger partial charge >= 0.3 is 0 Å². The van der Waals surface area contributed by atoms with Gasteiger partial charge in [0.1, 0.15) is 4.21 Å². The number of aryl methyl sites for hydroxylation is 1. The summed E-state index contributed by atoms with van der Waals surface area (Å²) in [5, 5.41) is 9.20. The molecule has 1 heterocycles. The van der Waals surface area contributed by atoms with E-state index in [0.717, 1.165) is 26.9 Å². The minimum atomic E-state index is -3.54. The zero-order valence-corrected chi connectivity index (χ0v) is 14.9. The highest BCUT2D eigenvalue weighted by Gasteiger charge is 2.24. The number of thiophene rings is 1. The van der Waals surface area contributed by atoms with Gasteiger partial charge in [-0.1, -0.05) is 28.1 Å². The van der Waals surface area contributed by atoms with Gasteiger partial charge in [-0.25, -0.2) is 8.42 Å². The zero-order valence-electron chi connectivity index (χ0n) is 11.7. The van der Waals surface area contributed by atoms with Crippen molar-refractivity contribution in [2.45, 2.75) is 24.3 Å². The molecule has 1 aromatic carbocycles. The molecule has 0 saturated heterocycles. The summed E-state index contributed by atoms with van der Waals surface area (Å²) in [4.78, 5) is 0.685. The van der Waals surface area contributed by atoms with Crippen molar-refractivity contribution in [2.24, 2.45) is 0 Å². The Morgan fingerprint density at radius 1 is 1.33 bits per heavy atom. The number of hydrogen-bond acceptors (Lipinski definition) is 4. The van der Waals surface area contributed by atoms with Crippen LogP contribution >= 0.6 is 27.3 Å². The number of rotatable bonds is 5. The summed E-state index contributed by atoms with van der Waals surface area (Å²) < 4.78 is 27.6. The van der Waals surface area contributed by atoms with E-state index in [1.54, 1.807) is 20.0 Å². The Morgan fingerprint density at radius 2 is 2.05 bits per heavy atom. The fourth-order valence-electron chi connectivity index (χ4n) is 1.90. The van der Waals surface area contributed by atoms with E-state index in [0.29, 0.717) is 11.4 Å². The average Bonchev–Trinajstić information content (AvgIpc) is 2.80. The molecule has 0 aliphatic rings. The molecule has 0 aliphatic carbocycles. The molecule has 0 saturated carbocycles. The van der Waals surface area contributed by atoms with Crippen molar-refractivity contribution in [1.82, 2.24) is 4.31 Å². The molecule has 2 aromatic rings. The quantitative estimate of drug-likeness (QED) is 0.854. The lowest BCUT2D eigenvalue weighted by Gasteiger charge is -2.16. The monoisotopic (exact) mass is 389 g/mol. The van der Waals surface area contributed by atoms with Crippen molar-refractivity contribution in [2.75, 3.05) is 7.05 Å². The second kappa shape index (κ2) is 6.58. The Hall–Kier alpha value is -0.730. The smallest absolute Gasteiger partial charge is 0.252 e. The van der Waals surface area contributed by atoms with Crippen LogP contribution in [0, 0.1) is 6.92 Å². The average molecular weight is 390 g/mol. The maximum atomic E-state index is 12.5. The summed E-state index contributed by atoms with van der Waals surface area (Å²) in [5.74, 6) is 0. The van der Waals surface area contributed by atoms with Crippen molar-refractivity contribution in [1.29, 1.82) is 0 Å². The second-order valence-electron chi connectivity index (χ2n) is 4.72. The van der Waals surface area contributed by atoms with Gasteiger partial charge in [-0.05, 0) is 36.2 Å². The summed E-state index contributed by atoms with van der Waals surface area (Å²) in [7, 11) is -1.98. The molecule has 1 aromatic heterocycles. The minimum Gasteiger partial charge on any atom is -0.391 e. The van der Waals surface area contributed by atoms with Crippen LogP contribution in [0.15, 0.2) is 39.0 Å². The summed E-state index contributed by atoms with van der Waals surface area (Å²) in [5.41, 5.74) is 1.71. The predicted molar refractivity (Wildman–Crippen MR) is 87.8 cm³/mol. The van der Waals surface area contributed by atoms with Crippen LogP contribution in [0.5, 0.6) is 0 Å². The van der Waals surface area contributed by atoms with Gasteiger partial charge in [-0.15, -0.1) is 11.3 Å². The lowest BCUT2D eigenvalue weighted by atomic mass is 10.2. The summed E-state index contributed by atoms with van der Waals surface area (Å²) in [6.07, 6.45) is 0. The maximum Gasteiger partial charge on any atom is 0.252 e. The number of sulfonamides is 1. The van der Waals surface area contributed by atoms with Crippen LogP contribution in [0.1, 0.15) is 16.0 Å². The van der Waals surface area contributed by atoms with Crippen molar-refractivity contribution >= 4 is 37.3 Å². The maximum absolute atomic E-state index is 12.5. The molecule has 0 fully saturated rings. The molecule has 114 valence electrons. The number of aliphatic hydroxyl groups excluding tert-OH is 1. The fourth-order valence-corrected chi connectivity index (χ4v) is 5.17. The molecule has 0 bridgehead atoms. The van der Waals surface area contributed by atoms with E-state index in [4.69, 9.17) is 0 Å². The van der Waals surface area contributed by atoms with Gasteiger partial charge in [0.05, 0.1) is 6.61 Å². The second-order valence-corrected chi connectivity index (χ2v) is 9.04. The van der Waals surface area contributed by atoms with Gasteiger partial charge in [0.25, 0.3) is 10.0 Å². The van der Waals surface area contributed by atoms with E-state index < -0.39 is 10.0 Å². The van der Waals surface area contributed by atoms with E-state index in [1.807, 2.05) is 24.3 Å². The van der Waals surface area contributed by atoms with Gasteiger partial charge in [-0.3, -0.25) is 0 Å². The first-order valence-corrected chi connectivity index (χ1v) is 9.30.